The molecule has 1 N–H and O–H groups in total. The van der Waals surface area contributed by atoms with E-state index in [9.17, 15) is 4.79 Å². The van der Waals surface area contributed by atoms with E-state index in [2.05, 4.69) is 20.8 Å². The van der Waals surface area contributed by atoms with Gasteiger partial charge in [-0.2, -0.15) is 5.10 Å². The SMILES string of the molecule is Cc1csc(CCCCNC(=O)c2c(C)nn(Cc3ccccc3Cl)c2Cl)n1. The zero-order chi connectivity index (χ0) is 20.1. The molecular formula is C20H22Cl2N4OS. The molecule has 0 saturated heterocycles. The summed E-state index contributed by atoms with van der Waals surface area (Å²) in [7, 11) is 0. The number of halogens is 2. The molecule has 8 heteroatoms. The Kier molecular flexibility index (Phi) is 7.10. The van der Waals surface area contributed by atoms with E-state index in [4.69, 9.17) is 23.2 Å². The predicted octanol–water partition coefficient (Wildman–Crippen LogP) is 5.06. The first-order valence-electron chi connectivity index (χ1n) is 9.11. The van der Waals surface area contributed by atoms with Gasteiger partial charge >= 0.3 is 0 Å². The summed E-state index contributed by atoms with van der Waals surface area (Å²) < 4.78 is 1.61. The summed E-state index contributed by atoms with van der Waals surface area (Å²) in [5.41, 5.74) is 2.99. The van der Waals surface area contributed by atoms with Gasteiger partial charge in [0.2, 0.25) is 0 Å². The van der Waals surface area contributed by atoms with E-state index in [1.165, 1.54) is 0 Å². The van der Waals surface area contributed by atoms with Crippen molar-refractivity contribution in [2.75, 3.05) is 6.54 Å². The van der Waals surface area contributed by atoms with Crippen molar-refractivity contribution < 1.29 is 4.79 Å². The van der Waals surface area contributed by atoms with Crippen molar-refractivity contribution in [2.24, 2.45) is 0 Å². The number of rotatable bonds is 8. The summed E-state index contributed by atoms with van der Waals surface area (Å²) >= 11 is 14.3. The fourth-order valence-electron chi connectivity index (χ4n) is 2.91. The summed E-state index contributed by atoms with van der Waals surface area (Å²) in [5, 5.41) is 11.5. The molecule has 148 valence electrons. The smallest absolute Gasteiger partial charge is 0.256 e. The first-order valence-corrected chi connectivity index (χ1v) is 10.7. The van der Waals surface area contributed by atoms with E-state index in [1.54, 1.807) is 22.9 Å². The van der Waals surface area contributed by atoms with Crippen LogP contribution in [0.1, 0.15) is 45.2 Å². The molecule has 0 spiro atoms. The summed E-state index contributed by atoms with van der Waals surface area (Å²) in [6, 6.07) is 7.52. The summed E-state index contributed by atoms with van der Waals surface area (Å²) in [5.74, 6) is -0.196. The van der Waals surface area contributed by atoms with Crippen molar-refractivity contribution in [3.8, 4) is 0 Å². The van der Waals surface area contributed by atoms with Crippen molar-refractivity contribution in [3.05, 3.63) is 67.3 Å². The number of hydrogen-bond acceptors (Lipinski definition) is 4. The van der Waals surface area contributed by atoms with E-state index >= 15 is 0 Å². The van der Waals surface area contributed by atoms with Crippen LogP contribution in [-0.4, -0.2) is 27.2 Å². The predicted molar refractivity (Wildman–Crippen MR) is 115 cm³/mol. The van der Waals surface area contributed by atoms with Crippen LogP contribution >= 0.6 is 34.5 Å². The van der Waals surface area contributed by atoms with Crippen LogP contribution < -0.4 is 5.32 Å². The van der Waals surface area contributed by atoms with Gasteiger partial charge in [-0.1, -0.05) is 41.4 Å². The molecule has 0 fully saturated rings. The lowest BCUT2D eigenvalue weighted by Gasteiger charge is -2.07. The van der Waals surface area contributed by atoms with Crippen LogP contribution in [0.15, 0.2) is 29.6 Å². The van der Waals surface area contributed by atoms with Crippen molar-refractivity contribution in [1.29, 1.82) is 0 Å². The maximum Gasteiger partial charge on any atom is 0.256 e. The molecule has 0 aliphatic rings. The van der Waals surface area contributed by atoms with Gasteiger partial charge in [-0.05, 0) is 44.7 Å². The number of carbonyl (C=O) groups is 1. The monoisotopic (exact) mass is 436 g/mol. The van der Waals surface area contributed by atoms with E-state index in [0.717, 1.165) is 35.5 Å². The number of nitrogens with one attached hydrogen (secondary N) is 1. The normalized spacial score (nSPS) is 11.0. The highest BCUT2D eigenvalue weighted by Gasteiger charge is 2.20. The Balaban J connectivity index is 1.55. The molecule has 0 atom stereocenters. The number of hydrogen-bond donors (Lipinski definition) is 1. The van der Waals surface area contributed by atoms with Crippen molar-refractivity contribution >= 4 is 40.4 Å². The van der Waals surface area contributed by atoms with Crippen LogP contribution in [0.5, 0.6) is 0 Å². The Labute approximate surface area is 178 Å². The fraction of sp³-hybridized carbons (Fsp3) is 0.350. The zero-order valence-electron chi connectivity index (χ0n) is 15.8. The Hall–Kier alpha value is -1.89. The molecule has 0 radical (unpaired) electrons. The van der Waals surface area contributed by atoms with Gasteiger partial charge in [0.15, 0.2) is 0 Å². The Morgan fingerprint density at radius 2 is 2.00 bits per heavy atom. The van der Waals surface area contributed by atoms with Crippen LogP contribution in [0.25, 0.3) is 0 Å². The number of aromatic nitrogens is 3. The molecule has 0 saturated carbocycles. The second kappa shape index (κ2) is 9.54. The lowest BCUT2D eigenvalue weighted by molar-refractivity contribution is 0.0952. The first kappa shape index (κ1) is 20.8. The molecule has 2 heterocycles. The topological polar surface area (TPSA) is 59.8 Å². The maximum atomic E-state index is 12.6. The van der Waals surface area contributed by atoms with Gasteiger partial charge in [0.1, 0.15) is 5.15 Å². The number of nitrogens with zero attached hydrogens (tertiary/aromatic N) is 3. The fourth-order valence-corrected chi connectivity index (χ4v) is 4.25. The van der Waals surface area contributed by atoms with Gasteiger partial charge < -0.3 is 5.32 Å². The van der Waals surface area contributed by atoms with Crippen LogP contribution in [0.3, 0.4) is 0 Å². The molecular weight excluding hydrogens is 415 g/mol. The lowest BCUT2D eigenvalue weighted by Crippen LogP contribution is -2.25. The number of aryl methyl sites for hydroxylation is 3. The standard InChI is InChI=1S/C20H22Cl2N4OS/c1-13-12-28-17(24-13)9-5-6-10-23-20(27)18-14(2)25-26(19(18)22)11-15-7-3-4-8-16(15)21/h3-4,7-8,12H,5-6,9-11H2,1-2H3,(H,23,27). The molecule has 1 aromatic carbocycles. The van der Waals surface area contributed by atoms with Crippen LogP contribution in [0, 0.1) is 13.8 Å². The van der Waals surface area contributed by atoms with Crippen LogP contribution in [0.4, 0.5) is 0 Å². The molecule has 0 bridgehead atoms. The Morgan fingerprint density at radius 3 is 2.71 bits per heavy atom. The third kappa shape index (κ3) is 5.13. The summed E-state index contributed by atoms with van der Waals surface area (Å²) in [4.78, 5) is 17.0. The number of carbonyl (C=O) groups excluding carboxylic acids is 1. The molecule has 3 rings (SSSR count). The number of amides is 1. The third-order valence-corrected chi connectivity index (χ3v) is 6.12. The van der Waals surface area contributed by atoms with E-state index in [1.807, 2.05) is 31.2 Å². The van der Waals surface area contributed by atoms with E-state index in [0.29, 0.717) is 34.5 Å². The van der Waals surface area contributed by atoms with Gasteiger partial charge in [-0.3, -0.25) is 4.79 Å². The molecule has 3 aromatic rings. The van der Waals surface area contributed by atoms with Crippen molar-refractivity contribution in [1.82, 2.24) is 20.1 Å². The van der Waals surface area contributed by atoms with E-state index < -0.39 is 0 Å². The highest BCUT2D eigenvalue weighted by Crippen LogP contribution is 2.23. The van der Waals surface area contributed by atoms with Crippen LogP contribution in [-0.2, 0) is 13.0 Å². The summed E-state index contributed by atoms with van der Waals surface area (Å²) in [6.07, 6.45) is 2.80. The molecule has 5 nitrogen and oxygen atoms in total. The summed E-state index contributed by atoms with van der Waals surface area (Å²) in [6.45, 7) is 4.79. The van der Waals surface area contributed by atoms with Crippen molar-refractivity contribution in [2.45, 2.75) is 39.7 Å². The number of unbranched alkanes of at least 4 members (excludes halogenated alkanes) is 1. The molecule has 0 aliphatic heterocycles. The first-order chi connectivity index (χ1) is 13.5. The average molecular weight is 437 g/mol. The molecule has 2 aromatic heterocycles. The second-order valence-electron chi connectivity index (χ2n) is 6.60. The minimum Gasteiger partial charge on any atom is -0.352 e. The van der Waals surface area contributed by atoms with Gasteiger partial charge in [0.05, 0.1) is 22.8 Å². The molecule has 0 unspecified atom stereocenters. The third-order valence-electron chi connectivity index (χ3n) is 4.34. The maximum absolute atomic E-state index is 12.6. The zero-order valence-corrected chi connectivity index (χ0v) is 18.2. The van der Waals surface area contributed by atoms with Gasteiger partial charge in [0.25, 0.3) is 5.91 Å². The largest absolute Gasteiger partial charge is 0.352 e. The highest BCUT2D eigenvalue weighted by atomic mass is 35.5. The Morgan fingerprint density at radius 1 is 1.21 bits per heavy atom. The molecule has 28 heavy (non-hydrogen) atoms. The van der Waals surface area contributed by atoms with Gasteiger partial charge in [-0.15, -0.1) is 11.3 Å². The van der Waals surface area contributed by atoms with E-state index in [-0.39, 0.29) is 5.91 Å². The van der Waals surface area contributed by atoms with Crippen molar-refractivity contribution in [3.63, 3.8) is 0 Å². The second-order valence-corrected chi connectivity index (χ2v) is 8.30. The Bertz CT molecular complexity index is 967. The highest BCUT2D eigenvalue weighted by molar-refractivity contribution is 7.09. The van der Waals surface area contributed by atoms with Crippen LogP contribution in [0.2, 0.25) is 10.2 Å². The minimum absolute atomic E-state index is 0.196. The van der Waals surface area contributed by atoms with Gasteiger partial charge in [0, 0.05) is 22.6 Å². The molecule has 1 amide bonds. The quantitative estimate of drug-likeness (QED) is 0.501. The van der Waals surface area contributed by atoms with Gasteiger partial charge in [-0.25, -0.2) is 9.67 Å². The molecule has 0 aliphatic carbocycles. The number of benzene rings is 1. The average Bonchev–Trinajstić information content (AvgIpc) is 3.19. The number of thiazole rings is 1. The lowest BCUT2D eigenvalue weighted by atomic mass is 10.2. The minimum atomic E-state index is -0.196.